The molecular weight excluding hydrogens is 564 g/mol. The van der Waals surface area contributed by atoms with E-state index in [-0.39, 0.29) is 53.9 Å². The van der Waals surface area contributed by atoms with Crippen LogP contribution in [0.1, 0.15) is 89.1 Å². The van der Waals surface area contributed by atoms with E-state index < -0.39 is 29.9 Å². The standard InChI is InChI=1S/C33H50N4O7/c1-4-33(19-37-32(34)35-3)11-8-21-6-5-7-23-16-25(10-13-36-23)44-30-15-22(27(31(41)42)18-28(30)40)14-26(21)29(43-20(2)38)17-24(39)9-12-33/h15,18,21,23-26,29,31,36,39-42H,4-7,9-10,12-14,16-17,19H2,1-3H3,(H3,34,35,37)/t21-,23+,24+,25+,26-,29+,33+/m1/s1. The third-order valence-corrected chi connectivity index (χ3v) is 9.58. The third kappa shape index (κ3) is 8.78. The number of fused-ring (bicyclic) bond motifs is 5. The van der Waals surface area contributed by atoms with Crippen LogP contribution in [-0.2, 0) is 16.0 Å². The maximum Gasteiger partial charge on any atom is 0.302 e. The number of phenols is 1. The van der Waals surface area contributed by atoms with Crippen molar-refractivity contribution in [2.24, 2.45) is 28.0 Å². The number of nitrogens with two attached hydrogens (primary N) is 1. The van der Waals surface area contributed by atoms with Crippen molar-refractivity contribution in [1.29, 1.82) is 0 Å². The van der Waals surface area contributed by atoms with Crippen LogP contribution in [0.3, 0.4) is 0 Å². The van der Waals surface area contributed by atoms with Gasteiger partial charge in [0, 0.05) is 55.8 Å². The van der Waals surface area contributed by atoms with Gasteiger partial charge in [0.25, 0.3) is 0 Å². The highest BCUT2D eigenvalue weighted by atomic mass is 16.5. The van der Waals surface area contributed by atoms with E-state index in [1.807, 2.05) is 0 Å². The molecule has 1 aliphatic carbocycles. The molecule has 0 saturated carbocycles. The molecule has 4 bridgehead atoms. The molecular formula is C33H50N4O7. The van der Waals surface area contributed by atoms with E-state index in [0.29, 0.717) is 30.9 Å². The Morgan fingerprint density at radius 2 is 2.07 bits per heavy atom. The van der Waals surface area contributed by atoms with Crippen molar-refractivity contribution in [2.45, 2.75) is 109 Å². The smallest absolute Gasteiger partial charge is 0.302 e. The summed E-state index contributed by atoms with van der Waals surface area (Å²) in [7, 11) is 1.62. The molecule has 244 valence electrons. The third-order valence-electron chi connectivity index (χ3n) is 9.58. The average Bonchev–Trinajstić information content (AvgIpc) is 2.99. The van der Waals surface area contributed by atoms with Crippen molar-refractivity contribution >= 4 is 11.9 Å². The molecule has 2 heterocycles. The number of hydrogen-bond donors (Lipinski definition) is 7. The first-order valence-corrected chi connectivity index (χ1v) is 16.0. The van der Waals surface area contributed by atoms with Crippen LogP contribution in [0.15, 0.2) is 17.1 Å². The predicted octanol–water partition coefficient (Wildman–Crippen LogP) is 2.24. The highest BCUT2D eigenvalue weighted by molar-refractivity contribution is 5.77. The number of carbonyl (C=O) groups excluding carboxylic acids is 1. The summed E-state index contributed by atoms with van der Waals surface area (Å²) in [5.74, 6) is 6.58. The van der Waals surface area contributed by atoms with E-state index in [1.54, 1.807) is 13.1 Å². The molecule has 3 aliphatic rings. The Labute approximate surface area is 260 Å². The van der Waals surface area contributed by atoms with Crippen LogP contribution in [-0.4, -0.2) is 76.8 Å². The Kier molecular flexibility index (Phi) is 11.8. The van der Waals surface area contributed by atoms with Crippen LogP contribution >= 0.6 is 0 Å². The Morgan fingerprint density at radius 1 is 1.27 bits per heavy atom. The number of aliphatic hydroxyl groups is 3. The van der Waals surface area contributed by atoms with Gasteiger partial charge >= 0.3 is 5.97 Å². The number of rotatable bonds is 5. The Hall–Kier alpha value is -3.04. The predicted molar refractivity (Wildman–Crippen MR) is 167 cm³/mol. The van der Waals surface area contributed by atoms with Crippen molar-refractivity contribution in [3.63, 3.8) is 0 Å². The average molecular weight is 615 g/mol. The zero-order chi connectivity index (χ0) is 31.9. The second-order valence-electron chi connectivity index (χ2n) is 12.7. The fourth-order valence-electron chi connectivity index (χ4n) is 6.90. The van der Waals surface area contributed by atoms with E-state index in [4.69, 9.17) is 15.2 Å². The van der Waals surface area contributed by atoms with Crippen LogP contribution < -0.4 is 21.1 Å². The van der Waals surface area contributed by atoms with E-state index in [1.165, 1.54) is 13.0 Å². The van der Waals surface area contributed by atoms with Gasteiger partial charge in [0.05, 0.1) is 6.10 Å². The minimum Gasteiger partial charge on any atom is -0.504 e. The Balaban J connectivity index is 1.85. The fourth-order valence-corrected chi connectivity index (χ4v) is 6.90. The maximum absolute atomic E-state index is 12.4. The number of aliphatic hydroxyl groups excluding tert-OH is 2. The van der Waals surface area contributed by atoms with Crippen molar-refractivity contribution < 1.29 is 34.7 Å². The number of benzene rings is 1. The Bertz CT molecular complexity index is 1230. The summed E-state index contributed by atoms with van der Waals surface area (Å²) in [6.45, 7) is 4.71. The molecule has 2 aliphatic heterocycles. The molecule has 11 nitrogen and oxygen atoms in total. The maximum atomic E-state index is 12.4. The van der Waals surface area contributed by atoms with Crippen LogP contribution in [0.2, 0.25) is 0 Å². The van der Waals surface area contributed by atoms with Gasteiger partial charge in [0.2, 0.25) is 0 Å². The molecule has 1 aromatic carbocycles. The normalized spacial score (nSPS) is 31.5. The summed E-state index contributed by atoms with van der Waals surface area (Å²) in [6, 6.07) is 3.26. The number of guanidine groups is 1. The lowest BCUT2D eigenvalue weighted by Crippen LogP contribution is -2.42. The number of ether oxygens (including phenoxy) is 2. The van der Waals surface area contributed by atoms with Crippen molar-refractivity contribution in [3.05, 3.63) is 23.3 Å². The summed E-state index contributed by atoms with van der Waals surface area (Å²) in [5, 5.41) is 49.5. The van der Waals surface area contributed by atoms with E-state index in [0.717, 1.165) is 45.1 Å². The van der Waals surface area contributed by atoms with Crippen molar-refractivity contribution in [2.75, 3.05) is 20.1 Å². The number of esters is 1. The molecule has 44 heavy (non-hydrogen) atoms. The Morgan fingerprint density at radius 3 is 2.77 bits per heavy atom. The summed E-state index contributed by atoms with van der Waals surface area (Å²) in [4.78, 5) is 16.4. The van der Waals surface area contributed by atoms with Gasteiger partial charge < -0.3 is 46.3 Å². The van der Waals surface area contributed by atoms with Gasteiger partial charge in [-0.1, -0.05) is 25.2 Å². The van der Waals surface area contributed by atoms with Crippen molar-refractivity contribution in [1.82, 2.24) is 10.6 Å². The zero-order valence-electron chi connectivity index (χ0n) is 26.2. The van der Waals surface area contributed by atoms with Crippen LogP contribution in [0.5, 0.6) is 11.5 Å². The molecule has 1 fully saturated rings. The summed E-state index contributed by atoms with van der Waals surface area (Å²) in [6.07, 6.45) is 3.02. The van der Waals surface area contributed by atoms with E-state index >= 15 is 0 Å². The van der Waals surface area contributed by atoms with Gasteiger partial charge in [-0.25, -0.2) is 0 Å². The highest BCUT2D eigenvalue weighted by Gasteiger charge is 2.37. The molecule has 8 N–H and O–H groups in total. The minimum absolute atomic E-state index is 0.0909. The molecule has 7 atom stereocenters. The molecule has 0 unspecified atom stereocenters. The molecule has 1 saturated heterocycles. The van der Waals surface area contributed by atoms with Gasteiger partial charge in [0.1, 0.15) is 12.2 Å². The van der Waals surface area contributed by atoms with E-state index in [9.17, 15) is 25.2 Å². The first kappa shape index (κ1) is 33.8. The first-order chi connectivity index (χ1) is 21.0. The number of phenolic OH excluding ortho intramolecular Hbond substituents is 1. The summed E-state index contributed by atoms with van der Waals surface area (Å²) in [5.41, 5.74) is 6.22. The number of aromatic hydroxyl groups is 1. The number of nitrogens with one attached hydrogen (secondary N) is 2. The lowest BCUT2D eigenvalue weighted by molar-refractivity contribution is -0.152. The molecule has 0 amide bonds. The van der Waals surface area contributed by atoms with Crippen molar-refractivity contribution in [3.8, 4) is 23.3 Å². The molecule has 1 aromatic rings. The lowest BCUT2D eigenvalue weighted by atomic mass is 9.73. The molecule has 11 heteroatoms. The second-order valence-corrected chi connectivity index (χ2v) is 12.7. The summed E-state index contributed by atoms with van der Waals surface area (Å²) < 4.78 is 12.2. The molecule has 0 spiro atoms. The van der Waals surface area contributed by atoms with E-state index in [2.05, 4.69) is 34.4 Å². The fraction of sp³-hybridized carbons (Fsp3) is 0.697. The van der Waals surface area contributed by atoms with Crippen LogP contribution in [0.4, 0.5) is 0 Å². The second kappa shape index (κ2) is 15.3. The van der Waals surface area contributed by atoms with Gasteiger partial charge in [-0.15, -0.1) is 0 Å². The minimum atomic E-state index is -1.84. The number of carbonyl (C=O) groups is 1. The monoisotopic (exact) mass is 614 g/mol. The number of hydrogen-bond acceptors (Lipinski definition) is 9. The molecule has 0 radical (unpaired) electrons. The number of aliphatic imine (C=N–C) groups is 1. The van der Waals surface area contributed by atoms with Crippen LogP contribution in [0.25, 0.3) is 0 Å². The van der Waals surface area contributed by atoms with Gasteiger partial charge in [-0.05, 0) is 75.6 Å². The molecule has 4 rings (SSSR count). The number of piperidine rings is 1. The highest BCUT2D eigenvalue weighted by Crippen LogP contribution is 2.40. The summed E-state index contributed by atoms with van der Waals surface area (Å²) >= 11 is 0. The number of nitrogens with zero attached hydrogens (tertiary/aromatic N) is 1. The zero-order valence-corrected chi connectivity index (χ0v) is 26.2. The topological polar surface area (TPSA) is 179 Å². The lowest BCUT2D eigenvalue weighted by Gasteiger charge is -2.36. The van der Waals surface area contributed by atoms with Gasteiger partial charge in [-0.3, -0.25) is 9.79 Å². The molecule has 0 aromatic heterocycles. The largest absolute Gasteiger partial charge is 0.504 e. The van der Waals surface area contributed by atoms with Gasteiger partial charge in [0.15, 0.2) is 23.7 Å². The quantitative estimate of drug-likeness (QED) is 0.0855. The SMILES string of the molecule is CC[C@]1(CNC(N)=NC)C#C[C@H]2CCC[C@H]3C[C@H](CCN3)Oc3cc(c(C(O)O)cc3O)C[C@H]2[C@@H](OC(C)=O)C[C@@H](O)CC1. The first-order valence-electron chi connectivity index (χ1n) is 16.0. The van der Waals surface area contributed by atoms with Gasteiger partial charge in [-0.2, -0.15) is 0 Å². The van der Waals surface area contributed by atoms with Crippen LogP contribution in [0, 0.1) is 29.1 Å².